The zero-order valence-electron chi connectivity index (χ0n) is 16.0. The number of nitrogens with two attached hydrogens (primary N) is 2. The number of hydrogen-bond donors (Lipinski definition) is 4. The van der Waals surface area contributed by atoms with Crippen LogP contribution in [0.5, 0.6) is 5.75 Å². The van der Waals surface area contributed by atoms with Gasteiger partial charge >= 0.3 is 0 Å². The molecule has 0 fully saturated rings. The van der Waals surface area contributed by atoms with E-state index in [1.165, 1.54) is 44.9 Å². The van der Waals surface area contributed by atoms with Gasteiger partial charge in [-0.1, -0.05) is 63.6 Å². The molecular formula is C20H39N3O2. The second-order valence-corrected chi connectivity index (χ2v) is 5.83. The van der Waals surface area contributed by atoms with Gasteiger partial charge in [0.1, 0.15) is 12.5 Å². The fourth-order valence-corrected chi connectivity index (χ4v) is 2.32. The fraction of sp³-hybridized carbons (Fsp3) is 0.650. The number of hydrogen-bond acceptors (Lipinski definition) is 5. The molecule has 0 aliphatic carbocycles. The first-order valence-corrected chi connectivity index (χ1v) is 9.42. The molecule has 0 aliphatic rings. The van der Waals surface area contributed by atoms with Crippen molar-refractivity contribution in [3.63, 3.8) is 0 Å². The van der Waals surface area contributed by atoms with Crippen LogP contribution < -0.4 is 16.8 Å². The highest BCUT2D eigenvalue weighted by Crippen LogP contribution is 2.18. The fourth-order valence-electron chi connectivity index (χ4n) is 2.32. The molecular weight excluding hydrogens is 314 g/mol. The van der Waals surface area contributed by atoms with Gasteiger partial charge in [-0.25, -0.2) is 0 Å². The number of phenols is 1. The van der Waals surface area contributed by atoms with Crippen LogP contribution in [0.1, 0.15) is 57.4 Å². The van der Waals surface area contributed by atoms with Crippen molar-refractivity contribution >= 4 is 6.79 Å². The number of rotatable bonds is 12. The monoisotopic (exact) mass is 353 g/mol. The van der Waals surface area contributed by atoms with Crippen LogP contribution in [-0.2, 0) is 11.2 Å². The predicted octanol–water partition coefficient (Wildman–Crippen LogP) is 2.99. The van der Waals surface area contributed by atoms with Crippen molar-refractivity contribution < 1.29 is 9.90 Å². The normalized spacial score (nSPS) is 9.56. The van der Waals surface area contributed by atoms with E-state index in [0.29, 0.717) is 18.8 Å². The summed E-state index contributed by atoms with van der Waals surface area (Å²) in [5.74, 6) is 0.452. The number of carbonyl (C=O) groups excluding carboxylic acids is 1. The van der Waals surface area contributed by atoms with Crippen LogP contribution in [0.25, 0.3) is 0 Å². The Labute approximate surface area is 154 Å². The Morgan fingerprint density at radius 1 is 0.920 bits per heavy atom. The number of benzene rings is 1. The van der Waals surface area contributed by atoms with Gasteiger partial charge in [-0.2, -0.15) is 0 Å². The van der Waals surface area contributed by atoms with Gasteiger partial charge in [-0.05, 0) is 24.5 Å². The van der Waals surface area contributed by atoms with Crippen LogP contribution in [-0.4, -0.2) is 38.1 Å². The molecule has 1 aromatic rings. The number of carbonyl (C=O) groups is 1. The van der Waals surface area contributed by atoms with E-state index < -0.39 is 0 Å². The third kappa shape index (κ3) is 18.7. The number of para-hydroxylation sites is 1. The molecule has 0 spiro atoms. The van der Waals surface area contributed by atoms with E-state index in [4.69, 9.17) is 16.3 Å². The molecule has 1 aromatic carbocycles. The van der Waals surface area contributed by atoms with Crippen molar-refractivity contribution in [2.45, 2.75) is 58.3 Å². The molecule has 5 nitrogen and oxygen atoms in total. The minimum Gasteiger partial charge on any atom is -0.508 e. The zero-order valence-corrected chi connectivity index (χ0v) is 16.0. The second kappa shape index (κ2) is 22.6. The number of nitrogens with one attached hydrogen (secondary N) is 1. The highest BCUT2D eigenvalue weighted by molar-refractivity contribution is 5.31. The maximum atomic E-state index is 9.58. The molecule has 0 saturated carbocycles. The molecule has 0 aromatic heterocycles. The average molecular weight is 354 g/mol. The number of aromatic hydroxyl groups is 1. The molecule has 0 bridgehead atoms. The van der Waals surface area contributed by atoms with Crippen molar-refractivity contribution in [2.75, 3.05) is 26.2 Å². The largest absolute Gasteiger partial charge is 0.508 e. The van der Waals surface area contributed by atoms with Crippen molar-refractivity contribution in [2.24, 2.45) is 11.5 Å². The SMILES string of the molecule is C=O.CCCCCCCCCc1ccccc1O.NCCNCCN. The van der Waals surface area contributed by atoms with Crippen molar-refractivity contribution in [3.05, 3.63) is 29.8 Å². The predicted molar refractivity (Wildman–Crippen MR) is 108 cm³/mol. The van der Waals surface area contributed by atoms with Gasteiger partial charge in [0, 0.05) is 26.2 Å². The van der Waals surface area contributed by atoms with Crippen molar-refractivity contribution in [1.29, 1.82) is 0 Å². The molecule has 0 radical (unpaired) electrons. The van der Waals surface area contributed by atoms with E-state index in [2.05, 4.69) is 12.2 Å². The molecule has 6 N–H and O–H groups in total. The minimum atomic E-state index is 0.452. The van der Waals surface area contributed by atoms with Crippen LogP contribution in [0, 0.1) is 0 Å². The first-order valence-electron chi connectivity index (χ1n) is 9.42. The Morgan fingerprint density at radius 2 is 1.44 bits per heavy atom. The highest BCUT2D eigenvalue weighted by atomic mass is 16.3. The summed E-state index contributed by atoms with van der Waals surface area (Å²) in [4.78, 5) is 8.00. The quantitative estimate of drug-likeness (QED) is 0.433. The summed E-state index contributed by atoms with van der Waals surface area (Å²) < 4.78 is 0. The molecule has 5 heteroatoms. The van der Waals surface area contributed by atoms with Crippen molar-refractivity contribution in [3.8, 4) is 5.75 Å². The molecule has 25 heavy (non-hydrogen) atoms. The Bertz CT molecular complexity index is 372. The summed E-state index contributed by atoms with van der Waals surface area (Å²) in [6, 6.07) is 7.67. The van der Waals surface area contributed by atoms with Gasteiger partial charge in [-0.15, -0.1) is 0 Å². The first-order chi connectivity index (χ1) is 12.3. The number of aryl methyl sites for hydroxylation is 1. The maximum absolute atomic E-state index is 9.58. The van der Waals surface area contributed by atoms with Crippen LogP contribution in [0.4, 0.5) is 0 Å². The maximum Gasteiger partial charge on any atom is 0.118 e. The molecule has 0 heterocycles. The van der Waals surface area contributed by atoms with Gasteiger partial charge in [0.15, 0.2) is 0 Å². The smallest absolute Gasteiger partial charge is 0.118 e. The Morgan fingerprint density at radius 3 is 1.96 bits per heavy atom. The summed E-state index contributed by atoms with van der Waals surface area (Å²) in [5, 5.41) is 12.6. The Hall–Kier alpha value is -1.43. The first kappa shape index (κ1) is 25.8. The second-order valence-electron chi connectivity index (χ2n) is 5.83. The van der Waals surface area contributed by atoms with Gasteiger partial charge in [-0.3, -0.25) is 0 Å². The summed E-state index contributed by atoms with van der Waals surface area (Å²) >= 11 is 0. The van der Waals surface area contributed by atoms with Gasteiger partial charge < -0.3 is 26.7 Å². The van der Waals surface area contributed by atoms with Crippen LogP contribution in [0.15, 0.2) is 24.3 Å². The van der Waals surface area contributed by atoms with E-state index >= 15 is 0 Å². The minimum absolute atomic E-state index is 0.452. The van der Waals surface area contributed by atoms with Crippen LogP contribution in [0.3, 0.4) is 0 Å². The average Bonchev–Trinajstić information content (AvgIpc) is 2.65. The Balaban J connectivity index is 0. The summed E-state index contributed by atoms with van der Waals surface area (Å²) in [6.07, 6.45) is 10.3. The van der Waals surface area contributed by atoms with E-state index in [9.17, 15) is 5.11 Å². The van der Waals surface area contributed by atoms with E-state index in [1.807, 2.05) is 25.0 Å². The standard InChI is InChI=1S/C15H24O.C4H13N3.CH2O/c1-2-3-4-5-6-7-8-11-14-12-9-10-13-15(14)16;5-1-3-7-4-2-6;1-2/h9-10,12-13,16H,2-8,11H2,1H3;7H,1-6H2;1H2. The van der Waals surface area contributed by atoms with Crippen molar-refractivity contribution in [1.82, 2.24) is 5.32 Å². The molecule has 1 rings (SSSR count). The highest BCUT2D eigenvalue weighted by Gasteiger charge is 1.98. The number of phenolic OH excluding ortho intramolecular Hbond substituents is 1. The number of unbranched alkanes of at least 4 members (excludes halogenated alkanes) is 6. The topological polar surface area (TPSA) is 101 Å². The lowest BCUT2D eigenvalue weighted by atomic mass is 10.0. The third-order valence-electron chi connectivity index (χ3n) is 3.68. The molecule has 0 atom stereocenters. The van der Waals surface area contributed by atoms with E-state index in [0.717, 1.165) is 25.1 Å². The van der Waals surface area contributed by atoms with E-state index in [1.54, 1.807) is 6.07 Å². The molecule has 0 aliphatic heterocycles. The van der Waals surface area contributed by atoms with Gasteiger partial charge in [0.25, 0.3) is 0 Å². The summed E-state index contributed by atoms with van der Waals surface area (Å²) in [6.45, 7) is 7.38. The molecule has 146 valence electrons. The van der Waals surface area contributed by atoms with Gasteiger partial charge in [0.05, 0.1) is 0 Å². The third-order valence-corrected chi connectivity index (χ3v) is 3.68. The Kier molecular flexibility index (Phi) is 23.3. The molecule has 0 amide bonds. The summed E-state index contributed by atoms with van der Waals surface area (Å²) in [5.41, 5.74) is 11.4. The van der Waals surface area contributed by atoms with Crippen LogP contribution >= 0.6 is 0 Å². The van der Waals surface area contributed by atoms with Crippen LogP contribution in [0.2, 0.25) is 0 Å². The lowest BCUT2D eigenvalue weighted by Crippen LogP contribution is -2.27. The molecule has 0 unspecified atom stereocenters. The lowest BCUT2D eigenvalue weighted by Gasteiger charge is -2.04. The van der Waals surface area contributed by atoms with E-state index in [-0.39, 0.29) is 0 Å². The van der Waals surface area contributed by atoms with Gasteiger partial charge in [0.2, 0.25) is 0 Å². The zero-order chi connectivity index (χ0) is 19.2. The molecule has 0 saturated heterocycles. The summed E-state index contributed by atoms with van der Waals surface area (Å²) in [7, 11) is 0. The lowest BCUT2D eigenvalue weighted by molar-refractivity contribution is -0.0979.